The van der Waals surface area contributed by atoms with Gasteiger partial charge in [0, 0.05) is 6.54 Å². The van der Waals surface area contributed by atoms with E-state index in [1.807, 2.05) is 6.07 Å². The molecule has 1 aliphatic carbocycles. The molecule has 0 aromatic heterocycles. The minimum atomic E-state index is -0.872. The summed E-state index contributed by atoms with van der Waals surface area (Å²) in [6.45, 7) is 1.70. The van der Waals surface area contributed by atoms with Crippen molar-refractivity contribution in [1.82, 2.24) is 5.32 Å². The first-order valence-corrected chi connectivity index (χ1v) is 7.32. The van der Waals surface area contributed by atoms with Gasteiger partial charge in [0.2, 0.25) is 0 Å². The average Bonchev–Trinajstić information content (AvgIpc) is 3.28. The highest BCUT2D eigenvalue weighted by Crippen LogP contribution is 2.46. The lowest BCUT2D eigenvalue weighted by atomic mass is 10.1. The fourth-order valence-corrected chi connectivity index (χ4v) is 2.80. The molecule has 2 N–H and O–H groups in total. The maximum atomic E-state index is 10.9. The zero-order valence-electron chi connectivity index (χ0n) is 11.8. The van der Waals surface area contributed by atoms with Crippen LogP contribution in [0, 0.1) is 5.92 Å². The third kappa shape index (κ3) is 3.50. The van der Waals surface area contributed by atoms with E-state index in [-0.39, 0.29) is 0 Å². The number of hydrogen-bond donors (Lipinski definition) is 2. The summed E-state index contributed by atoms with van der Waals surface area (Å²) in [6.07, 6.45) is 1.24. The van der Waals surface area contributed by atoms with Gasteiger partial charge in [0.1, 0.15) is 0 Å². The average molecular weight is 281 g/mol. The summed E-state index contributed by atoms with van der Waals surface area (Å²) >= 11 is 0. The molecule has 0 saturated heterocycles. The third-order valence-corrected chi connectivity index (χ3v) is 4.06. The smallest absolute Gasteiger partial charge is 0.335 e. The molecule has 0 amide bonds. The van der Waals surface area contributed by atoms with Crippen molar-refractivity contribution in [2.75, 3.05) is 6.54 Å². The van der Waals surface area contributed by atoms with Crippen LogP contribution in [-0.2, 0) is 6.54 Å². The number of nitrogens with one attached hydrogen (secondary N) is 1. The van der Waals surface area contributed by atoms with Crippen molar-refractivity contribution in [2.24, 2.45) is 5.92 Å². The molecule has 3 rings (SSSR count). The number of carbonyl (C=O) groups is 1. The Morgan fingerprint density at radius 3 is 2.71 bits per heavy atom. The van der Waals surface area contributed by atoms with Crippen LogP contribution >= 0.6 is 0 Å². The Labute approximate surface area is 124 Å². The molecule has 3 heteroatoms. The zero-order valence-corrected chi connectivity index (χ0v) is 11.8. The second-order valence-electron chi connectivity index (χ2n) is 5.65. The summed E-state index contributed by atoms with van der Waals surface area (Å²) in [5, 5.41) is 12.4. The maximum absolute atomic E-state index is 10.9. The quantitative estimate of drug-likeness (QED) is 0.854. The van der Waals surface area contributed by atoms with Gasteiger partial charge in [0.05, 0.1) is 5.56 Å². The van der Waals surface area contributed by atoms with Crippen molar-refractivity contribution >= 4 is 5.97 Å². The first-order chi connectivity index (χ1) is 10.2. The number of carboxylic acid groups (broad SMARTS) is 1. The lowest BCUT2D eigenvalue weighted by molar-refractivity contribution is 0.0696. The Bertz CT molecular complexity index is 624. The van der Waals surface area contributed by atoms with Gasteiger partial charge < -0.3 is 10.4 Å². The van der Waals surface area contributed by atoms with E-state index in [4.69, 9.17) is 5.11 Å². The minimum absolute atomic E-state index is 0.350. The molecule has 2 aromatic rings. The molecule has 108 valence electrons. The summed E-state index contributed by atoms with van der Waals surface area (Å²) in [5.74, 6) is 0.516. The molecule has 0 spiro atoms. The van der Waals surface area contributed by atoms with Gasteiger partial charge in [-0.25, -0.2) is 4.79 Å². The van der Waals surface area contributed by atoms with Gasteiger partial charge >= 0.3 is 5.97 Å². The van der Waals surface area contributed by atoms with Gasteiger partial charge in [-0.2, -0.15) is 0 Å². The van der Waals surface area contributed by atoms with Crippen LogP contribution in [0.3, 0.4) is 0 Å². The van der Waals surface area contributed by atoms with Crippen LogP contribution in [0.4, 0.5) is 0 Å². The molecule has 1 fully saturated rings. The highest BCUT2D eigenvalue weighted by atomic mass is 16.4. The van der Waals surface area contributed by atoms with Gasteiger partial charge in [-0.05, 0) is 48.1 Å². The first kappa shape index (κ1) is 13.8. The van der Waals surface area contributed by atoms with Crippen LogP contribution < -0.4 is 5.32 Å². The number of rotatable bonds is 6. The minimum Gasteiger partial charge on any atom is -0.478 e. The van der Waals surface area contributed by atoms with Gasteiger partial charge in [0.25, 0.3) is 0 Å². The third-order valence-electron chi connectivity index (χ3n) is 4.06. The van der Waals surface area contributed by atoms with Crippen LogP contribution in [0.1, 0.15) is 33.8 Å². The Balaban J connectivity index is 1.47. The molecule has 0 bridgehead atoms. The Kier molecular flexibility index (Phi) is 4.02. The second kappa shape index (κ2) is 6.10. The molecule has 0 unspecified atom stereocenters. The number of carboxylic acids is 1. The summed E-state index contributed by atoms with van der Waals surface area (Å²) in [7, 11) is 0. The van der Waals surface area contributed by atoms with Gasteiger partial charge in [0.15, 0.2) is 0 Å². The van der Waals surface area contributed by atoms with Crippen LogP contribution in [-0.4, -0.2) is 17.6 Å². The largest absolute Gasteiger partial charge is 0.478 e. The van der Waals surface area contributed by atoms with Gasteiger partial charge in [-0.3, -0.25) is 0 Å². The summed E-state index contributed by atoms with van der Waals surface area (Å²) in [4.78, 5) is 10.9. The van der Waals surface area contributed by atoms with E-state index >= 15 is 0 Å². The number of benzene rings is 2. The molecule has 21 heavy (non-hydrogen) atoms. The van der Waals surface area contributed by atoms with E-state index in [2.05, 4.69) is 35.6 Å². The molecule has 0 aliphatic heterocycles. The summed E-state index contributed by atoms with van der Waals surface area (Å²) < 4.78 is 0. The van der Waals surface area contributed by atoms with Gasteiger partial charge in [-0.1, -0.05) is 42.5 Å². The molecular formula is C18H19NO2. The number of hydrogen-bond acceptors (Lipinski definition) is 2. The summed E-state index contributed by atoms with van der Waals surface area (Å²) in [5.41, 5.74) is 2.80. The van der Waals surface area contributed by atoms with Crippen molar-refractivity contribution in [3.8, 4) is 0 Å². The molecule has 0 heterocycles. The highest BCUT2D eigenvalue weighted by Gasteiger charge is 2.37. The fourth-order valence-electron chi connectivity index (χ4n) is 2.80. The highest BCUT2D eigenvalue weighted by molar-refractivity contribution is 5.87. The monoisotopic (exact) mass is 281 g/mol. The van der Waals surface area contributed by atoms with Crippen molar-refractivity contribution in [2.45, 2.75) is 18.9 Å². The second-order valence-corrected chi connectivity index (χ2v) is 5.65. The molecule has 3 nitrogen and oxygen atoms in total. The maximum Gasteiger partial charge on any atom is 0.335 e. The SMILES string of the molecule is O=C(O)c1cccc(CNC[C@@H]2C[C@H]2c2ccccc2)c1. The number of aromatic carboxylic acids is 1. The topological polar surface area (TPSA) is 49.3 Å². The predicted molar refractivity (Wildman–Crippen MR) is 82.4 cm³/mol. The lowest BCUT2D eigenvalue weighted by Crippen LogP contribution is -2.17. The van der Waals surface area contributed by atoms with Crippen molar-refractivity contribution in [3.05, 3.63) is 71.3 Å². The normalized spacial score (nSPS) is 20.2. The molecule has 2 atom stereocenters. The Hall–Kier alpha value is -2.13. The molecule has 2 aromatic carbocycles. The van der Waals surface area contributed by atoms with Crippen LogP contribution in [0.5, 0.6) is 0 Å². The lowest BCUT2D eigenvalue weighted by Gasteiger charge is -2.06. The Morgan fingerprint density at radius 2 is 1.95 bits per heavy atom. The molecule has 0 radical (unpaired) electrons. The van der Waals surface area contributed by atoms with Crippen molar-refractivity contribution in [3.63, 3.8) is 0 Å². The van der Waals surface area contributed by atoms with Crippen LogP contribution in [0.15, 0.2) is 54.6 Å². The van der Waals surface area contributed by atoms with Gasteiger partial charge in [-0.15, -0.1) is 0 Å². The summed E-state index contributed by atoms with van der Waals surface area (Å²) in [6, 6.07) is 17.7. The molecular weight excluding hydrogens is 262 g/mol. The Morgan fingerprint density at radius 1 is 1.14 bits per heavy atom. The van der Waals surface area contributed by atoms with E-state index < -0.39 is 5.97 Å². The zero-order chi connectivity index (χ0) is 14.7. The molecule has 1 aliphatic rings. The van der Waals surface area contributed by atoms with Crippen molar-refractivity contribution < 1.29 is 9.90 Å². The van der Waals surface area contributed by atoms with E-state index in [1.165, 1.54) is 12.0 Å². The molecule has 1 saturated carbocycles. The van der Waals surface area contributed by atoms with E-state index in [1.54, 1.807) is 18.2 Å². The first-order valence-electron chi connectivity index (χ1n) is 7.32. The van der Waals surface area contributed by atoms with E-state index in [0.717, 1.165) is 18.7 Å². The standard InChI is InChI=1S/C18H19NO2/c20-18(21)15-8-4-5-13(9-15)11-19-12-16-10-17(16)14-6-2-1-3-7-14/h1-9,16-17,19H,10-12H2,(H,20,21)/t16-,17-/m0/s1. The fraction of sp³-hybridized carbons (Fsp3) is 0.278. The van der Waals surface area contributed by atoms with Crippen molar-refractivity contribution in [1.29, 1.82) is 0 Å². The van der Waals surface area contributed by atoms with Crippen LogP contribution in [0.2, 0.25) is 0 Å². The van der Waals surface area contributed by atoms with E-state index in [9.17, 15) is 4.79 Å². The van der Waals surface area contributed by atoms with Crippen LogP contribution in [0.25, 0.3) is 0 Å². The predicted octanol–water partition coefficient (Wildman–Crippen LogP) is 3.28. The van der Waals surface area contributed by atoms with E-state index in [0.29, 0.717) is 17.4 Å².